The van der Waals surface area contributed by atoms with Gasteiger partial charge in [0.15, 0.2) is 11.6 Å². The van der Waals surface area contributed by atoms with E-state index < -0.39 is 11.6 Å². The molecule has 3 nitrogen and oxygen atoms in total. The molecular weight excluding hydrogens is 238 g/mol. The highest BCUT2D eigenvalue weighted by molar-refractivity contribution is 5.55. The molecule has 0 bridgehead atoms. The maximum Gasteiger partial charge on any atom is 0.151 e. The van der Waals surface area contributed by atoms with Crippen molar-refractivity contribution in [2.24, 2.45) is 0 Å². The highest BCUT2D eigenvalue weighted by Crippen LogP contribution is 2.26. The maximum atomic E-state index is 13.7. The van der Waals surface area contributed by atoms with Crippen molar-refractivity contribution in [1.29, 1.82) is 0 Å². The number of hydrogen-bond acceptors (Lipinski definition) is 3. The van der Waals surface area contributed by atoms with Crippen molar-refractivity contribution in [2.45, 2.75) is 13.5 Å². The Hall–Kier alpha value is -2.04. The Morgan fingerprint density at radius 1 is 1.22 bits per heavy atom. The smallest absolute Gasteiger partial charge is 0.151 e. The lowest BCUT2D eigenvalue weighted by atomic mass is 10.2. The highest BCUT2D eigenvalue weighted by atomic mass is 19.1. The fraction of sp³-hybridized carbons (Fsp3) is 0.231. The molecule has 0 unspecified atom stereocenters. The summed E-state index contributed by atoms with van der Waals surface area (Å²) in [6.45, 7) is 2.10. The van der Waals surface area contributed by atoms with E-state index in [1.165, 1.54) is 4.90 Å². The first-order valence-corrected chi connectivity index (χ1v) is 5.48. The quantitative estimate of drug-likeness (QED) is 0.853. The predicted molar refractivity (Wildman–Crippen MR) is 66.3 cm³/mol. The molecular formula is C13H14F2N2O. The molecule has 1 aromatic heterocycles. The summed E-state index contributed by atoms with van der Waals surface area (Å²) in [6, 6.07) is 5.78. The van der Waals surface area contributed by atoms with E-state index in [0.717, 1.165) is 17.9 Å². The fourth-order valence-electron chi connectivity index (χ4n) is 1.83. The third kappa shape index (κ3) is 2.45. The second-order valence-electron chi connectivity index (χ2n) is 4.20. The van der Waals surface area contributed by atoms with Crippen LogP contribution in [0.15, 0.2) is 28.7 Å². The number of anilines is 2. The maximum absolute atomic E-state index is 13.7. The first-order chi connectivity index (χ1) is 8.47. The summed E-state index contributed by atoms with van der Waals surface area (Å²) in [4.78, 5) is 1.45. The number of nitrogens with two attached hydrogens (primary N) is 1. The van der Waals surface area contributed by atoms with Crippen molar-refractivity contribution in [3.63, 3.8) is 0 Å². The summed E-state index contributed by atoms with van der Waals surface area (Å²) in [5.74, 6) is 0.0406. The lowest BCUT2D eigenvalue weighted by Gasteiger charge is -2.19. The molecule has 0 radical (unpaired) electrons. The van der Waals surface area contributed by atoms with Gasteiger partial charge in [-0.25, -0.2) is 8.78 Å². The van der Waals surface area contributed by atoms with Gasteiger partial charge in [-0.3, -0.25) is 0 Å². The lowest BCUT2D eigenvalue weighted by Crippen LogP contribution is -2.19. The third-order valence-electron chi connectivity index (χ3n) is 2.61. The third-order valence-corrected chi connectivity index (χ3v) is 2.61. The van der Waals surface area contributed by atoms with Gasteiger partial charge >= 0.3 is 0 Å². The molecule has 2 aromatic rings. The van der Waals surface area contributed by atoms with E-state index in [0.29, 0.717) is 5.76 Å². The zero-order valence-electron chi connectivity index (χ0n) is 10.2. The highest BCUT2D eigenvalue weighted by Gasteiger charge is 2.15. The zero-order chi connectivity index (χ0) is 13.3. The van der Waals surface area contributed by atoms with Crippen molar-refractivity contribution in [3.8, 4) is 0 Å². The lowest BCUT2D eigenvalue weighted by molar-refractivity contribution is 0.478. The number of furan rings is 1. The monoisotopic (exact) mass is 252 g/mol. The Morgan fingerprint density at radius 3 is 2.33 bits per heavy atom. The molecule has 1 aromatic carbocycles. The van der Waals surface area contributed by atoms with E-state index >= 15 is 0 Å². The van der Waals surface area contributed by atoms with E-state index in [2.05, 4.69) is 0 Å². The second-order valence-corrected chi connectivity index (χ2v) is 4.20. The van der Waals surface area contributed by atoms with Gasteiger partial charge in [0.25, 0.3) is 0 Å². The van der Waals surface area contributed by atoms with Crippen LogP contribution in [0.1, 0.15) is 11.5 Å². The molecule has 0 aliphatic heterocycles. The van der Waals surface area contributed by atoms with Crippen molar-refractivity contribution in [2.75, 3.05) is 17.7 Å². The van der Waals surface area contributed by atoms with Gasteiger partial charge in [-0.2, -0.15) is 0 Å². The molecule has 0 aliphatic carbocycles. The Kier molecular flexibility index (Phi) is 3.23. The summed E-state index contributed by atoms with van der Waals surface area (Å²) in [5, 5.41) is 0. The Morgan fingerprint density at radius 2 is 1.83 bits per heavy atom. The minimum absolute atomic E-state index is 0.0657. The van der Waals surface area contributed by atoms with Gasteiger partial charge in [0.05, 0.1) is 6.54 Å². The van der Waals surface area contributed by atoms with Crippen molar-refractivity contribution in [1.82, 2.24) is 0 Å². The normalized spacial score (nSPS) is 10.7. The molecule has 0 saturated carbocycles. The van der Waals surface area contributed by atoms with Crippen LogP contribution in [0.3, 0.4) is 0 Å². The Balaban J connectivity index is 2.26. The molecule has 2 rings (SSSR count). The summed E-state index contributed by atoms with van der Waals surface area (Å²) in [7, 11) is 1.59. The molecule has 96 valence electrons. The van der Waals surface area contributed by atoms with Gasteiger partial charge < -0.3 is 15.1 Å². The van der Waals surface area contributed by atoms with Crippen LogP contribution in [0.5, 0.6) is 0 Å². The standard InChI is InChI=1S/C13H14F2N2O/c1-8-3-4-10(18-8)7-17(2)13-11(14)5-9(16)6-12(13)15/h3-6H,7,16H2,1-2H3. The fourth-order valence-corrected chi connectivity index (χ4v) is 1.83. The molecule has 5 heteroatoms. The number of aryl methyl sites for hydroxylation is 1. The van der Waals surface area contributed by atoms with Crippen molar-refractivity contribution < 1.29 is 13.2 Å². The van der Waals surface area contributed by atoms with Crippen LogP contribution in [-0.2, 0) is 6.54 Å². The van der Waals surface area contributed by atoms with E-state index in [1.807, 2.05) is 6.92 Å². The van der Waals surface area contributed by atoms with Crippen molar-refractivity contribution >= 4 is 11.4 Å². The summed E-state index contributed by atoms with van der Waals surface area (Å²) in [6.07, 6.45) is 0. The summed E-state index contributed by atoms with van der Waals surface area (Å²) < 4.78 is 32.7. The zero-order valence-corrected chi connectivity index (χ0v) is 10.2. The van der Waals surface area contributed by atoms with Crippen LogP contribution in [0.2, 0.25) is 0 Å². The van der Waals surface area contributed by atoms with Crippen LogP contribution < -0.4 is 10.6 Å². The van der Waals surface area contributed by atoms with E-state index in [-0.39, 0.29) is 17.9 Å². The van der Waals surface area contributed by atoms with Crippen LogP contribution >= 0.6 is 0 Å². The van der Waals surface area contributed by atoms with Crippen LogP contribution in [0.4, 0.5) is 20.2 Å². The first kappa shape index (κ1) is 12.4. The predicted octanol–water partition coefficient (Wildman–Crippen LogP) is 3.08. The van der Waals surface area contributed by atoms with E-state index in [1.54, 1.807) is 19.2 Å². The molecule has 1 heterocycles. The molecule has 18 heavy (non-hydrogen) atoms. The van der Waals surface area contributed by atoms with Crippen LogP contribution in [0, 0.1) is 18.6 Å². The number of hydrogen-bond donors (Lipinski definition) is 1. The molecule has 0 fully saturated rings. The second kappa shape index (κ2) is 4.68. The largest absolute Gasteiger partial charge is 0.464 e. The topological polar surface area (TPSA) is 42.4 Å². The molecule has 0 saturated heterocycles. The SMILES string of the molecule is Cc1ccc(CN(C)c2c(F)cc(N)cc2F)o1. The average Bonchev–Trinajstić information content (AvgIpc) is 2.62. The number of rotatable bonds is 3. The molecule has 2 N–H and O–H groups in total. The molecule has 0 amide bonds. The first-order valence-electron chi connectivity index (χ1n) is 5.48. The van der Waals surface area contributed by atoms with Gasteiger partial charge in [0, 0.05) is 12.7 Å². The summed E-state index contributed by atoms with van der Waals surface area (Å²) >= 11 is 0. The number of halogens is 2. The van der Waals surface area contributed by atoms with Crippen LogP contribution in [-0.4, -0.2) is 7.05 Å². The van der Waals surface area contributed by atoms with E-state index in [9.17, 15) is 8.78 Å². The number of nitrogens with zero attached hydrogens (tertiary/aromatic N) is 1. The van der Waals surface area contributed by atoms with Gasteiger partial charge in [0.2, 0.25) is 0 Å². The van der Waals surface area contributed by atoms with Gasteiger partial charge in [-0.05, 0) is 31.2 Å². The minimum atomic E-state index is -0.682. The Bertz CT molecular complexity index is 543. The molecule has 0 aliphatic rings. The summed E-state index contributed by atoms with van der Waals surface area (Å²) in [5.41, 5.74) is 5.32. The number of benzene rings is 1. The van der Waals surface area contributed by atoms with Gasteiger partial charge in [0.1, 0.15) is 17.2 Å². The molecule has 0 spiro atoms. The average molecular weight is 252 g/mol. The van der Waals surface area contributed by atoms with Gasteiger partial charge in [-0.15, -0.1) is 0 Å². The van der Waals surface area contributed by atoms with Gasteiger partial charge in [-0.1, -0.05) is 0 Å². The Labute approximate surface area is 104 Å². The van der Waals surface area contributed by atoms with Crippen molar-refractivity contribution in [3.05, 3.63) is 47.4 Å². The van der Waals surface area contributed by atoms with E-state index in [4.69, 9.17) is 10.2 Å². The number of nitrogen functional groups attached to an aromatic ring is 1. The minimum Gasteiger partial charge on any atom is -0.464 e. The van der Waals surface area contributed by atoms with Crippen LogP contribution in [0.25, 0.3) is 0 Å². The molecule has 0 atom stereocenters.